The second-order valence-corrected chi connectivity index (χ2v) is 7.78. The van der Waals surface area contributed by atoms with Gasteiger partial charge in [0.1, 0.15) is 23.1 Å². The monoisotopic (exact) mass is 411 g/mol. The van der Waals surface area contributed by atoms with E-state index < -0.39 is 23.6 Å². The Morgan fingerprint density at radius 3 is 2.32 bits per heavy atom. The zero-order valence-electron chi connectivity index (χ0n) is 16.8. The third-order valence-corrected chi connectivity index (χ3v) is 5.59. The SMILES string of the molecule is O=C(/C=C/c1cccc(Oc2ccccc2)c1)N1C(=O)OC2(CC2)C1c1ccccc1. The van der Waals surface area contributed by atoms with Gasteiger partial charge in [0.25, 0.3) is 5.91 Å². The number of para-hydroxylation sites is 1. The molecule has 1 unspecified atom stereocenters. The van der Waals surface area contributed by atoms with Crippen molar-refractivity contribution in [3.05, 3.63) is 102 Å². The van der Waals surface area contributed by atoms with Crippen molar-refractivity contribution in [1.29, 1.82) is 0 Å². The Morgan fingerprint density at radius 1 is 0.935 bits per heavy atom. The first-order chi connectivity index (χ1) is 15.1. The lowest BCUT2D eigenvalue weighted by atomic mass is 9.99. The number of rotatable bonds is 5. The average Bonchev–Trinajstić information content (AvgIpc) is 3.50. The number of hydrogen-bond acceptors (Lipinski definition) is 4. The smallest absolute Gasteiger partial charge is 0.418 e. The van der Waals surface area contributed by atoms with Crippen LogP contribution in [0.2, 0.25) is 0 Å². The summed E-state index contributed by atoms with van der Waals surface area (Å²) in [5.74, 6) is 1.01. The van der Waals surface area contributed by atoms with Gasteiger partial charge in [-0.2, -0.15) is 0 Å². The summed E-state index contributed by atoms with van der Waals surface area (Å²) in [7, 11) is 0. The van der Waals surface area contributed by atoms with Crippen LogP contribution in [-0.4, -0.2) is 22.5 Å². The Kier molecular flexibility index (Phi) is 4.79. The van der Waals surface area contributed by atoms with Crippen LogP contribution in [0.3, 0.4) is 0 Å². The Labute approximate surface area is 180 Å². The molecule has 154 valence electrons. The zero-order valence-corrected chi connectivity index (χ0v) is 16.8. The molecule has 0 bridgehead atoms. The van der Waals surface area contributed by atoms with Gasteiger partial charge in [0, 0.05) is 6.08 Å². The zero-order chi connectivity index (χ0) is 21.3. The minimum Gasteiger partial charge on any atom is -0.457 e. The van der Waals surface area contributed by atoms with Gasteiger partial charge in [0.15, 0.2) is 0 Å². The van der Waals surface area contributed by atoms with Gasteiger partial charge in [-0.25, -0.2) is 9.69 Å². The fourth-order valence-electron chi connectivity index (χ4n) is 3.98. The molecule has 1 saturated heterocycles. The van der Waals surface area contributed by atoms with Gasteiger partial charge >= 0.3 is 6.09 Å². The van der Waals surface area contributed by atoms with Gasteiger partial charge in [0.05, 0.1) is 0 Å². The lowest BCUT2D eigenvalue weighted by Crippen LogP contribution is -2.34. The van der Waals surface area contributed by atoms with Crippen LogP contribution in [0.4, 0.5) is 4.79 Å². The molecule has 31 heavy (non-hydrogen) atoms. The van der Waals surface area contributed by atoms with E-state index in [1.165, 1.54) is 11.0 Å². The topological polar surface area (TPSA) is 55.8 Å². The van der Waals surface area contributed by atoms with Gasteiger partial charge in [-0.1, -0.05) is 60.7 Å². The number of imide groups is 1. The van der Waals surface area contributed by atoms with Crippen LogP contribution in [0.25, 0.3) is 6.08 Å². The van der Waals surface area contributed by atoms with Crippen molar-refractivity contribution >= 4 is 18.1 Å². The normalized spacial score (nSPS) is 18.9. The molecule has 2 fully saturated rings. The third kappa shape index (κ3) is 3.82. The Hall–Kier alpha value is -3.86. The summed E-state index contributed by atoms with van der Waals surface area (Å²) in [6.07, 6.45) is 4.06. The maximum atomic E-state index is 13.0. The molecule has 0 aromatic heterocycles. The molecule has 1 aliphatic heterocycles. The number of amides is 2. The molecule has 1 spiro atoms. The molecule has 0 N–H and O–H groups in total. The van der Waals surface area contributed by atoms with E-state index in [-0.39, 0.29) is 0 Å². The minimum atomic E-state index is -0.581. The molecule has 0 radical (unpaired) electrons. The Balaban J connectivity index is 1.36. The molecule has 3 aromatic rings. The van der Waals surface area contributed by atoms with Gasteiger partial charge in [-0.05, 0) is 54.3 Å². The highest BCUT2D eigenvalue weighted by molar-refractivity contribution is 6.02. The largest absolute Gasteiger partial charge is 0.457 e. The fourth-order valence-corrected chi connectivity index (χ4v) is 3.98. The molecule has 5 heteroatoms. The highest BCUT2D eigenvalue weighted by Crippen LogP contribution is 2.56. The van der Waals surface area contributed by atoms with Crippen molar-refractivity contribution in [3.8, 4) is 11.5 Å². The molecule has 1 atom stereocenters. The van der Waals surface area contributed by atoms with E-state index in [1.54, 1.807) is 6.08 Å². The van der Waals surface area contributed by atoms with Crippen LogP contribution in [0.1, 0.15) is 30.0 Å². The summed E-state index contributed by atoms with van der Waals surface area (Å²) in [6, 6.07) is 26.1. The predicted molar refractivity (Wildman–Crippen MR) is 116 cm³/mol. The van der Waals surface area contributed by atoms with Crippen molar-refractivity contribution < 1.29 is 19.1 Å². The van der Waals surface area contributed by atoms with Gasteiger partial charge in [-0.15, -0.1) is 0 Å². The van der Waals surface area contributed by atoms with Crippen molar-refractivity contribution in [1.82, 2.24) is 4.90 Å². The molecule has 5 nitrogen and oxygen atoms in total. The summed E-state index contributed by atoms with van der Waals surface area (Å²) in [5, 5.41) is 0. The van der Waals surface area contributed by atoms with Crippen molar-refractivity contribution in [2.75, 3.05) is 0 Å². The standard InChI is InChI=1S/C26H21NO4/c28-23(15-14-19-8-7-13-22(18-19)30-21-11-5-2-6-12-21)27-24(20-9-3-1-4-10-20)26(16-17-26)31-25(27)29/h1-15,18,24H,16-17H2/b15-14+. The second kappa shape index (κ2) is 7.76. The molecule has 3 aromatic carbocycles. The first-order valence-corrected chi connectivity index (χ1v) is 10.3. The minimum absolute atomic E-state index is 0.392. The molecular weight excluding hydrogens is 390 g/mol. The second-order valence-electron chi connectivity index (χ2n) is 7.78. The van der Waals surface area contributed by atoms with Crippen molar-refractivity contribution in [2.24, 2.45) is 0 Å². The first kappa shape index (κ1) is 19.1. The van der Waals surface area contributed by atoms with E-state index >= 15 is 0 Å². The summed E-state index contributed by atoms with van der Waals surface area (Å²) >= 11 is 0. The molecular formula is C26H21NO4. The van der Waals surface area contributed by atoms with E-state index in [2.05, 4.69) is 0 Å². The number of nitrogens with zero attached hydrogens (tertiary/aromatic N) is 1. The highest BCUT2D eigenvalue weighted by atomic mass is 16.6. The van der Waals surface area contributed by atoms with Crippen LogP contribution in [0.15, 0.2) is 91.0 Å². The average molecular weight is 411 g/mol. The maximum absolute atomic E-state index is 13.0. The maximum Gasteiger partial charge on any atom is 0.418 e. The summed E-state index contributed by atoms with van der Waals surface area (Å²) < 4.78 is 11.5. The predicted octanol–water partition coefficient (Wildman–Crippen LogP) is 5.74. The summed E-state index contributed by atoms with van der Waals surface area (Å²) in [5.41, 5.74) is 1.13. The van der Waals surface area contributed by atoms with E-state index in [0.717, 1.165) is 29.7 Å². The van der Waals surface area contributed by atoms with E-state index in [0.29, 0.717) is 5.75 Å². The van der Waals surface area contributed by atoms with Crippen LogP contribution in [-0.2, 0) is 9.53 Å². The van der Waals surface area contributed by atoms with Crippen LogP contribution in [0.5, 0.6) is 11.5 Å². The molecule has 1 heterocycles. The Bertz CT molecular complexity index is 1140. The molecule has 1 aliphatic carbocycles. The van der Waals surface area contributed by atoms with E-state index in [1.807, 2.05) is 84.9 Å². The number of ether oxygens (including phenoxy) is 2. The molecule has 2 amide bonds. The number of hydrogen-bond donors (Lipinski definition) is 0. The van der Waals surface area contributed by atoms with Crippen LogP contribution in [0, 0.1) is 0 Å². The summed E-state index contributed by atoms with van der Waals surface area (Å²) in [6.45, 7) is 0. The number of benzene rings is 3. The number of carbonyl (C=O) groups is 2. The van der Waals surface area contributed by atoms with Gasteiger partial charge in [0.2, 0.25) is 0 Å². The third-order valence-electron chi connectivity index (χ3n) is 5.59. The van der Waals surface area contributed by atoms with Crippen molar-refractivity contribution in [3.63, 3.8) is 0 Å². The lowest BCUT2D eigenvalue weighted by molar-refractivity contribution is -0.124. The molecule has 2 aliphatic rings. The number of carbonyl (C=O) groups excluding carboxylic acids is 2. The quantitative estimate of drug-likeness (QED) is 0.502. The highest BCUT2D eigenvalue weighted by Gasteiger charge is 2.63. The Morgan fingerprint density at radius 2 is 1.61 bits per heavy atom. The van der Waals surface area contributed by atoms with Gasteiger partial charge < -0.3 is 9.47 Å². The van der Waals surface area contributed by atoms with Crippen LogP contribution >= 0.6 is 0 Å². The molecule has 5 rings (SSSR count). The van der Waals surface area contributed by atoms with E-state index in [9.17, 15) is 9.59 Å². The lowest BCUT2D eigenvalue weighted by Gasteiger charge is -2.22. The van der Waals surface area contributed by atoms with Crippen LogP contribution < -0.4 is 4.74 Å². The van der Waals surface area contributed by atoms with E-state index in [4.69, 9.17) is 9.47 Å². The fraction of sp³-hybridized carbons (Fsp3) is 0.154. The van der Waals surface area contributed by atoms with Gasteiger partial charge in [-0.3, -0.25) is 4.79 Å². The first-order valence-electron chi connectivity index (χ1n) is 10.3. The summed E-state index contributed by atoms with van der Waals surface area (Å²) in [4.78, 5) is 26.8. The van der Waals surface area contributed by atoms with Crippen molar-refractivity contribution in [2.45, 2.75) is 24.5 Å². The molecule has 1 saturated carbocycles.